The molecule has 0 atom stereocenters. The van der Waals surface area contributed by atoms with Crippen LogP contribution in [0.5, 0.6) is 11.5 Å². The lowest BCUT2D eigenvalue weighted by Crippen LogP contribution is -2.28. The Morgan fingerprint density at radius 1 is 1.15 bits per heavy atom. The van der Waals surface area contributed by atoms with Crippen LogP contribution in [0.3, 0.4) is 0 Å². The zero-order chi connectivity index (χ0) is 14.4. The van der Waals surface area contributed by atoms with Crippen molar-refractivity contribution in [2.45, 2.75) is 6.92 Å². The van der Waals surface area contributed by atoms with Gasteiger partial charge < -0.3 is 21.1 Å². The molecule has 5 heteroatoms. The standard InChI is InChI=1S/C15H17N3O2/c1-2-17-15(19)18-14-10-12(8-9-13(14)16)20-11-6-4-3-5-7-11/h3-10H,2,16H2,1H3,(H2,17,18,19). The highest BCUT2D eigenvalue weighted by atomic mass is 16.5. The first-order valence-electron chi connectivity index (χ1n) is 6.36. The summed E-state index contributed by atoms with van der Waals surface area (Å²) in [5, 5.41) is 5.33. The molecule has 0 heterocycles. The Balaban J connectivity index is 2.14. The Labute approximate surface area is 117 Å². The van der Waals surface area contributed by atoms with E-state index in [9.17, 15) is 4.79 Å². The van der Waals surface area contributed by atoms with Crippen LogP contribution in [0.25, 0.3) is 0 Å². The summed E-state index contributed by atoms with van der Waals surface area (Å²) in [6, 6.07) is 14.2. The molecule has 0 aliphatic carbocycles. The molecule has 0 spiro atoms. The highest BCUT2D eigenvalue weighted by molar-refractivity contribution is 5.92. The summed E-state index contributed by atoms with van der Waals surface area (Å²) in [6.07, 6.45) is 0. The van der Waals surface area contributed by atoms with E-state index in [1.54, 1.807) is 18.2 Å². The van der Waals surface area contributed by atoms with Crippen molar-refractivity contribution in [1.82, 2.24) is 5.32 Å². The lowest BCUT2D eigenvalue weighted by Gasteiger charge is -2.11. The summed E-state index contributed by atoms with van der Waals surface area (Å²) in [5.41, 5.74) is 6.83. The number of benzene rings is 2. The van der Waals surface area contributed by atoms with E-state index < -0.39 is 0 Å². The van der Waals surface area contributed by atoms with Gasteiger partial charge in [-0.1, -0.05) is 18.2 Å². The second kappa shape index (κ2) is 6.47. The zero-order valence-corrected chi connectivity index (χ0v) is 11.2. The lowest BCUT2D eigenvalue weighted by atomic mass is 10.2. The van der Waals surface area contributed by atoms with Crippen molar-refractivity contribution in [3.8, 4) is 11.5 Å². The highest BCUT2D eigenvalue weighted by Gasteiger charge is 2.06. The van der Waals surface area contributed by atoms with Crippen molar-refractivity contribution in [3.63, 3.8) is 0 Å². The predicted molar refractivity (Wildman–Crippen MR) is 80.1 cm³/mol. The van der Waals surface area contributed by atoms with Crippen LogP contribution in [0.4, 0.5) is 16.2 Å². The zero-order valence-electron chi connectivity index (χ0n) is 11.2. The molecule has 4 N–H and O–H groups in total. The Hall–Kier alpha value is -2.69. The third-order valence-electron chi connectivity index (χ3n) is 2.59. The lowest BCUT2D eigenvalue weighted by molar-refractivity contribution is 0.252. The number of carbonyl (C=O) groups excluding carboxylic acids is 1. The number of carbonyl (C=O) groups is 1. The summed E-state index contributed by atoms with van der Waals surface area (Å²) in [7, 11) is 0. The molecule has 0 saturated heterocycles. The third kappa shape index (κ3) is 3.65. The fourth-order valence-corrected chi connectivity index (χ4v) is 1.66. The smallest absolute Gasteiger partial charge is 0.319 e. The molecule has 2 aromatic carbocycles. The van der Waals surface area contributed by atoms with Gasteiger partial charge in [-0.05, 0) is 31.2 Å². The Morgan fingerprint density at radius 2 is 1.90 bits per heavy atom. The van der Waals surface area contributed by atoms with Crippen molar-refractivity contribution in [3.05, 3.63) is 48.5 Å². The van der Waals surface area contributed by atoms with Crippen LogP contribution >= 0.6 is 0 Å². The van der Waals surface area contributed by atoms with E-state index in [-0.39, 0.29) is 6.03 Å². The molecule has 0 aliphatic heterocycles. The molecule has 5 nitrogen and oxygen atoms in total. The molecular formula is C15H17N3O2. The van der Waals surface area contributed by atoms with E-state index in [4.69, 9.17) is 10.5 Å². The monoisotopic (exact) mass is 271 g/mol. The van der Waals surface area contributed by atoms with E-state index in [1.165, 1.54) is 0 Å². The van der Waals surface area contributed by atoms with Gasteiger partial charge in [-0.3, -0.25) is 0 Å². The number of anilines is 2. The number of para-hydroxylation sites is 1. The van der Waals surface area contributed by atoms with Gasteiger partial charge in [-0.2, -0.15) is 0 Å². The average molecular weight is 271 g/mol. The van der Waals surface area contributed by atoms with Gasteiger partial charge in [0.1, 0.15) is 11.5 Å². The third-order valence-corrected chi connectivity index (χ3v) is 2.59. The molecular weight excluding hydrogens is 254 g/mol. The average Bonchev–Trinajstić information content (AvgIpc) is 2.44. The summed E-state index contributed by atoms with van der Waals surface area (Å²) in [4.78, 5) is 11.5. The molecule has 2 amide bonds. The maximum Gasteiger partial charge on any atom is 0.319 e. The van der Waals surface area contributed by atoms with Gasteiger partial charge >= 0.3 is 6.03 Å². The van der Waals surface area contributed by atoms with Crippen molar-refractivity contribution in [2.75, 3.05) is 17.6 Å². The number of rotatable bonds is 4. The van der Waals surface area contributed by atoms with E-state index >= 15 is 0 Å². The van der Waals surface area contributed by atoms with Crippen molar-refractivity contribution in [2.24, 2.45) is 0 Å². The number of nitrogens with one attached hydrogen (secondary N) is 2. The van der Waals surface area contributed by atoms with Crippen LogP contribution in [-0.4, -0.2) is 12.6 Å². The molecule has 0 aliphatic rings. The van der Waals surface area contributed by atoms with Gasteiger partial charge in [-0.15, -0.1) is 0 Å². The van der Waals surface area contributed by atoms with E-state index in [0.717, 1.165) is 5.75 Å². The second-order valence-electron chi connectivity index (χ2n) is 4.15. The second-order valence-corrected chi connectivity index (χ2v) is 4.15. The van der Waals surface area contributed by atoms with Gasteiger partial charge in [0.25, 0.3) is 0 Å². The number of urea groups is 1. The summed E-state index contributed by atoms with van der Waals surface area (Å²) in [6.45, 7) is 2.39. The Bertz CT molecular complexity index is 585. The SMILES string of the molecule is CCNC(=O)Nc1cc(Oc2ccccc2)ccc1N. The molecule has 104 valence electrons. The minimum absolute atomic E-state index is 0.295. The number of nitrogens with two attached hydrogens (primary N) is 1. The predicted octanol–water partition coefficient (Wildman–Crippen LogP) is 3.20. The van der Waals surface area contributed by atoms with E-state index in [2.05, 4.69) is 10.6 Å². The van der Waals surface area contributed by atoms with Crippen LogP contribution in [0, 0.1) is 0 Å². The molecule has 0 aromatic heterocycles. The number of ether oxygens (including phenoxy) is 1. The molecule has 0 bridgehead atoms. The van der Waals surface area contributed by atoms with Gasteiger partial charge in [0.15, 0.2) is 0 Å². The largest absolute Gasteiger partial charge is 0.457 e. The fraction of sp³-hybridized carbons (Fsp3) is 0.133. The molecule has 2 aromatic rings. The van der Waals surface area contributed by atoms with Gasteiger partial charge in [0.2, 0.25) is 0 Å². The molecule has 0 fully saturated rings. The van der Waals surface area contributed by atoms with Crippen LogP contribution < -0.4 is 21.1 Å². The van der Waals surface area contributed by atoms with Gasteiger partial charge in [-0.25, -0.2) is 4.79 Å². The van der Waals surface area contributed by atoms with Gasteiger partial charge in [0.05, 0.1) is 11.4 Å². The minimum atomic E-state index is -0.295. The van der Waals surface area contributed by atoms with E-state index in [1.807, 2.05) is 37.3 Å². The first-order valence-corrected chi connectivity index (χ1v) is 6.36. The van der Waals surface area contributed by atoms with Gasteiger partial charge in [0, 0.05) is 12.6 Å². The highest BCUT2D eigenvalue weighted by Crippen LogP contribution is 2.28. The first kappa shape index (κ1) is 13.7. The molecule has 0 radical (unpaired) electrons. The molecule has 0 unspecified atom stereocenters. The number of hydrogen-bond acceptors (Lipinski definition) is 3. The maximum atomic E-state index is 11.5. The number of hydrogen-bond donors (Lipinski definition) is 3. The van der Waals surface area contributed by atoms with Crippen molar-refractivity contribution < 1.29 is 9.53 Å². The molecule has 20 heavy (non-hydrogen) atoms. The Morgan fingerprint density at radius 3 is 2.60 bits per heavy atom. The number of amides is 2. The normalized spacial score (nSPS) is 9.85. The fourth-order valence-electron chi connectivity index (χ4n) is 1.66. The van der Waals surface area contributed by atoms with Crippen LogP contribution in [0.2, 0.25) is 0 Å². The summed E-state index contributed by atoms with van der Waals surface area (Å²) in [5.74, 6) is 1.33. The number of nitrogen functional groups attached to an aromatic ring is 1. The Kier molecular flexibility index (Phi) is 4.44. The van der Waals surface area contributed by atoms with Crippen molar-refractivity contribution >= 4 is 17.4 Å². The summed E-state index contributed by atoms with van der Waals surface area (Å²) < 4.78 is 5.69. The molecule has 0 saturated carbocycles. The quantitative estimate of drug-likeness (QED) is 0.747. The van der Waals surface area contributed by atoms with Crippen LogP contribution in [0.1, 0.15) is 6.92 Å². The molecule has 2 rings (SSSR count). The van der Waals surface area contributed by atoms with Crippen LogP contribution in [0.15, 0.2) is 48.5 Å². The maximum absolute atomic E-state index is 11.5. The summed E-state index contributed by atoms with van der Waals surface area (Å²) >= 11 is 0. The van der Waals surface area contributed by atoms with E-state index in [0.29, 0.717) is 23.7 Å². The topological polar surface area (TPSA) is 76.4 Å². The van der Waals surface area contributed by atoms with Crippen molar-refractivity contribution in [1.29, 1.82) is 0 Å². The first-order chi connectivity index (χ1) is 9.69. The minimum Gasteiger partial charge on any atom is -0.457 e. The van der Waals surface area contributed by atoms with Crippen LogP contribution in [-0.2, 0) is 0 Å².